The summed E-state index contributed by atoms with van der Waals surface area (Å²) in [5.41, 5.74) is 1.35. The molecular weight excluding hydrogens is 444 g/mol. The Bertz CT molecular complexity index is 1250. The first-order chi connectivity index (χ1) is 15.7. The van der Waals surface area contributed by atoms with Crippen LogP contribution in [0.25, 0.3) is 10.2 Å². The number of thiophene rings is 1. The van der Waals surface area contributed by atoms with Crippen molar-refractivity contribution in [2.24, 2.45) is 0 Å². The van der Waals surface area contributed by atoms with E-state index in [4.69, 9.17) is 19.2 Å². The number of anilines is 1. The van der Waals surface area contributed by atoms with Crippen molar-refractivity contribution >= 4 is 45.0 Å². The Kier molecular flexibility index (Phi) is 6.09. The van der Waals surface area contributed by atoms with E-state index in [0.29, 0.717) is 17.4 Å². The topological polar surface area (TPSA) is 90.1 Å². The minimum Gasteiger partial charge on any atom is -0.486 e. The van der Waals surface area contributed by atoms with Gasteiger partial charge in [0.15, 0.2) is 11.6 Å². The quantitative estimate of drug-likeness (QED) is 0.297. The molecule has 3 heterocycles. The molecule has 0 atom stereocenters. The predicted octanol–water partition coefficient (Wildman–Crippen LogP) is 5.18. The number of thioether (sulfide) groups is 1. The van der Waals surface area contributed by atoms with Crippen molar-refractivity contribution in [2.45, 2.75) is 44.2 Å². The fourth-order valence-corrected chi connectivity index (χ4v) is 5.96. The van der Waals surface area contributed by atoms with Gasteiger partial charge in [-0.25, -0.2) is 9.97 Å². The van der Waals surface area contributed by atoms with Gasteiger partial charge in [0, 0.05) is 16.3 Å². The van der Waals surface area contributed by atoms with Gasteiger partial charge in [-0.1, -0.05) is 35.1 Å². The van der Waals surface area contributed by atoms with E-state index in [0.717, 1.165) is 33.8 Å². The lowest BCUT2D eigenvalue weighted by Gasteiger charge is -2.12. The number of aryl methyl sites for hydroxylation is 3. The summed E-state index contributed by atoms with van der Waals surface area (Å²) < 4.78 is 10.9. The summed E-state index contributed by atoms with van der Waals surface area (Å²) in [7, 11) is 0. The third kappa shape index (κ3) is 4.63. The van der Waals surface area contributed by atoms with Gasteiger partial charge in [0.25, 0.3) is 0 Å². The van der Waals surface area contributed by atoms with Crippen molar-refractivity contribution in [2.75, 3.05) is 11.1 Å². The van der Waals surface area contributed by atoms with E-state index in [1.807, 2.05) is 30.3 Å². The van der Waals surface area contributed by atoms with Gasteiger partial charge in [-0.2, -0.15) is 0 Å². The molecule has 7 nitrogen and oxygen atoms in total. The summed E-state index contributed by atoms with van der Waals surface area (Å²) in [5, 5.41) is 8.53. The van der Waals surface area contributed by atoms with Gasteiger partial charge in [0.2, 0.25) is 5.91 Å². The SMILES string of the molecule is Cc1cc(NC(=O)CSc2nc(COc3ccccc3)nc3sc4c(c23)CCCC4)no1. The number of amides is 1. The maximum absolute atomic E-state index is 12.5. The molecule has 164 valence electrons. The molecule has 1 aliphatic carbocycles. The molecule has 0 saturated carbocycles. The molecule has 0 saturated heterocycles. The lowest BCUT2D eigenvalue weighted by atomic mass is 9.97. The number of carbonyl (C=O) groups excluding carboxylic acids is 1. The smallest absolute Gasteiger partial charge is 0.236 e. The van der Waals surface area contributed by atoms with E-state index in [1.165, 1.54) is 35.0 Å². The molecule has 3 aromatic heterocycles. The molecule has 0 bridgehead atoms. The summed E-state index contributed by atoms with van der Waals surface area (Å²) in [6, 6.07) is 11.3. The number of rotatable bonds is 7. The maximum Gasteiger partial charge on any atom is 0.236 e. The highest BCUT2D eigenvalue weighted by Gasteiger charge is 2.22. The monoisotopic (exact) mass is 466 g/mol. The number of aromatic nitrogens is 3. The van der Waals surface area contributed by atoms with Crippen LogP contribution >= 0.6 is 23.1 Å². The fourth-order valence-electron chi connectivity index (χ4n) is 3.74. The van der Waals surface area contributed by atoms with Gasteiger partial charge in [-0.3, -0.25) is 4.79 Å². The Balaban J connectivity index is 1.39. The number of ether oxygens (including phenoxy) is 1. The molecule has 0 unspecified atom stereocenters. The first kappa shape index (κ1) is 21.0. The zero-order chi connectivity index (χ0) is 21.9. The zero-order valence-corrected chi connectivity index (χ0v) is 19.2. The molecule has 5 rings (SSSR count). The summed E-state index contributed by atoms with van der Waals surface area (Å²) in [6.07, 6.45) is 4.51. The molecule has 32 heavy (non-hydrogen) atoms. The third-order valence-electron chi connectivity index (χ3n) is 5.17. The summed E-state index contributed by atoms with van der Waals surface area (Å²) in [6.45, 7) is 2.06. The van der Waals surface area contributed by atoms with Crippen LogP contribution in [0.5, 0.6) is 5.75 Å². The predicted molar refractivity (Wildman–Crippen MR) is 125 cm³/mol. The highest BCUT2D eigenvalue weighted by molar-refractivity contribution is 8.00. The van der Waals surface area contributed by atoms with Crippen LogP contribution in [0.1, 0.15) is 34.9 Å². The number of hydrogen-bond donors (Lipinski definition) is 1. The number of benzene rings is 1. The number of fused-ring (bicyclic) bond motifs is 3. The Morgan fingerprint density at radius 3 is 2.88 bits per heavy atom. The number of nitrogens with zero attached hydrogens (tertiary/aromatic N) is 3. The van der Waals surface area contributed by atoms with Crippen molar-refractivity contribution in [1.29, 1.82) is 0 Å². The van der Waals surface area contributed by atoms with Crippen molar-refractivity contribution in [1.82, 2.24) is 15.1 Å². The molecule has 4 aromatic rings. The van der Waals surface area contributed by atoms with E-state index in [2.05, 4.69) is 10.5 Å². The highest BCUT2D eigenvalue weighted by Crippen LogP contribution is 2.39. The van der Waals surface area contributed by atoms with E-state index in [1.54, 1.807) is 24.3 Å². The minimum absolute atomic E-state index is 0.152. The molecule has 0 radical (unpaired) electrons. The standard InChI is InChI=1S/C23H22N4O3S2/c1-14-11-18(27-30-14)24-20(28)13-31-22-21-16-9-5-6-10-17(16)32-23(21)26-19(25-22)12-29-15-7-3-2-4-8-15/h2-4,7-8,11H,5-6,9-10,12-13H2,1H3,(H,24,27,28). The first-order valence-corrected chi connectivity index (χ1v) is 12.3. The molecule has 1 amide bonds. The van der Waals surface area contributed by atoms with Crippen LogP contribution in [0.2, 0.25) is 0 Å². The zero-order valence-electron chi connectivity index (χ0n) is 17.6. The summed E-state index contributed by atoms with van der Waals surface area (Å²) in [5.74, 6) is 2.54. The van der Waals surface area contributed by atoms with Crippen LogP contribution in [-0.2, 0) is 24.2 Å². The van der Waals surface area contributed by atoms with Crippen LogP contribution in [0.3, 0.4) is 0 Å². The van der Waals surface area contributed by atoms with Crippen LogP contribution in [0.15, 0.2) is 45.9 Å². The second kappa shape index (κ2) is 9.30. The minimum atomic E-state index is -0.152. The third-order valence-corrected chi connectivity index (χ3v) is 7.34. The summed E-state index contributed by atoms with van der Waals surface area (Å²) in [4.78, 5) is 24.4. The lowest BCUT2D eigenvalue weighted by molar-refractivity contribution is -0.113. The second-order valence-electron chi connectivity index (χ2n) is 7.60. The van der Waals surface area contributed by atoms with Crippen LogP contribution in [-0.4, -0.2) is 26.8 Å². The van der Waals surface area contributed by atoms with Crippen LogP contribution < -0.4 is 10.1 Å². The van der Waals surface area contributed by atoms with Crippen molar-refractivity contribution in [3.05, 3.63) is 58.4 Å². The summed E-state index contributed by atoms with van der Waals surface area (Å²) >= 11 is 3.17. The molecule has 1 aliphatic rings. The highest BCUT2D eigenvalue weighted by atomic mass is 32.2. The average Bonchev–Trinajstić information content (AvgIpc) is 3.39. The lowest BCUT2D eigenvalue weighted by Crippen LogP contribution is -2.14. The number of para-hydroxylation sites is 1. The van der Waals surface area contributed by atoms with Gasteiger partial charge in [0.1, 0.15) is 28.0 Å². The van der Waals surface area contributed by atoms with E-state index < -0.39 is 0 Å². The number of nitrogens with one attached hydrogen (secondary N) is 1. The van der Waals surface area contributed by atoms with Gasteiger partial charge in [0.05, 0.1) is 5.75 Å². The Hall–Kier alpha value is -2.91. The van der Waals surface area contributed by atoms with Gasteiger partial charge >= 0.3 is 0 Å². The Morgan fingerprint density at radius 1 is 1.22 bits per heavy atom. The molecule has 0 aliphatic heterocycles. The normalized spacial score (nSPS) is 13.2. The average molecular weight is 467 g/mol. The van der Waals surface area contributed by atoms with Gasteiger partial charge < -0.3 is 14.6 Å². The van der Waals surface area contributed by atoms with Crippen LogP contribution in [0, 0.1) is 6.92 Å². The Labute approximate surface area is 193 Å². The first-order valence-electron chi connectivity index (χ1n) is 10.5. The van der Waals surface area contributed by atoms with Gasteiger partial charge in [-0.15, -0.1) is 11.3 Å². The molecule has 1 aromatic carbocycles. The van der Waals surface area contributed by atoms with Gasteiger partial charge in [-0.05, 0) is 50.3 Å². The van der Waals surface area contributed by atoms with E-state index in [9.17, 15) is 4.79 Å². The Morgan fingerprint density at radius 2 is 2.06 bits per heavy atom. The fraction of sp³-hybridized carbons (Fsp3) is 0.304. The molecule has 9 heteroatoms. The molecule has 0 spiro atoms. The largest absolute Gasteiger partial charge is 0.486 e. The second-order valence-corrected chi connectivity index (χ2v) is 9.65. The van der Waals surface area contributed by atoms with Crippen molar-refractivity contribution < 1.29 is 14.1 Å². The molecular formula is C23H22N4O3S2. The molecule has 0 fully saturated rings. The molecule has 1 N–H and O–H groups in total. The number of hydrogen-bond acceptors (Lipinski definition) is 8. The van der Waals surface area contributed by atoms with E-state index in [-0.39, 0.29) is 18.3 Å². The van der Waals surface area contributed by atoms with Crippen LogP contribution in [0.4, 0.5) is 5.82 Å². The maximum atomic E-state index is 12.5. The van der Waals surface area contributed by atoms with E-state index >= 15 is 0 Å². The van der Waals surface area contributed by atoms with Crippen molar-refractivity contribution in [3.8, 4) is 5.75 Å². The number of carbonyl (C=O) groups is 1. The van der Waals surface area contributed by atoms with Crippen molar-refractivity contribution in [3.63, 3.8) is 0 Å².